The van der Waals surface area contributed by atoms with Crippen LogP contribution in [-0.4, -0.2) is 13.0 Å². The van der Waals surface area contributed by atoms with Crippen LogP contribution in [0.5, 0.6) is 5.75 Å². The number of anilines is 2. The van der Waals surface area contributed by atoms with Crippen LogP contribution < -0.4 is 15.8 Å². The Labute approximate surface area is 136 Å². The van der Waals surface area contributed by atoms with E-state index in [2.05, 4.69) is 5.32 Å². The molecular formula is C14H11Cl3N2O2. The van der Waals surface area contributed by atoms with Crippen molar-refractivity contribution in [2.24, 2.45) is 0 Å². The monoisotopic (exact) mass is 344 g/mol. The minimum absolute atomic E-state index is 0.238. The Morgan fingerprint density at radius 3 is 2.29 bits per heavy atom. The fourth-order valence-corrected chi connectivity index (χ4v) is 2.61. The van der Waals surface area contributed by atoms with Crippen molar-refractivity contribution in [3.05, 3.63) is 51.0 Å². The number of para-hydroxylation sites is 1. The second-order valence-electron chi connectivity index (χ2n) is 4.13. The van der Waals surface area contributed by atoms with Crippen LogP contribution in [0.3, 0.4) is 0 Å². The van der Waals surface area contributed by atoms with Crippen LogP contribution in [0.1, 0.15) is 10.4 Å². The number of hydrogen-bond acceptors (Lipinski definition) is 3. The topological polar surface area (TPSA) is 64.3 Å². The van der Waals surface area contributed by atoms with Crippen molar-refractivity contribution in [2.75, 3.05) is 18.2 Å². The van der Waals surface area contributed by atoms with Crippen LogP contribution >= 0.6 is 34.8 Å². The average Bonchev–Trinajstić information content (AvgIpc) is 2.42. The van der Waals surface area contributed by atoms with Gasteiger partial charge in [-0.05, 0) is 24.3 Å². The van der Waals surface area contributed by atoms with Gasteiger partial charge in [0, 0.05) is 5.56 Å². The first-order valence-electron chi connectivity index (χ1n) is 5.82. The molecule has 21 heavy (non-hydrogen) atoms. The Balaban J connectivity index is 2.33. The molecule has 2 aromatic carbocycles. The van der Waals surface area contributed by atoms with E-state index in [0.717, 1.165) is 0 Å². The number of ether oxygens (including phenoxy) is 1. The fourth-order valence-electron chi connectivity index (χ4n) is 1.74. The lowest BCUT2D eigenvalue weighted by atomic mass is 10.2. The zero-order valence-electron chi connectivity index (χ0n) is 10.9. The van der Waals surface area contributed by atoms with Gasteiger partial charge in [0.15, 0.2) is 5.75 Å². The van der Waals surface area contributed by atoms with Gasteiger partial charge in [-0.3, -0.25) is 4.79 Å². The van der Waals surface area contributed by atoms with E-state index in [1.807, 2.05) is 0 Å². The number of methoxy groups -OCH3 is 1. The van der Waals surface area contributed by atoms with Gasteiger partial charge in [0.1, 0.15) is 0 Å². The fraction of sp³-hybridized carbons (Fsp3) is 0.0714. The van der Waals surface area contributed by atoms with Crippen molar-refractivity contribution >= 4 is 52.1 Å². The van der Waals surface area contributed by atoms with E-state index < -0.39 is 5.91 Å². The summed E-state index contributed by atoms with van der Waals surface area (Å²) in [5, 5.41) is 3.45. The largest absolute Gasteiger partial charge is 0.494 e. The molecule has 0 unspecified atom stereocenters. The Bertz CT molecular complexity index is 661. The minimum atomic E-state index is -0.429. The summed E-state index contributed by atoms with van der Waals surface area (Å²) in [5.74, 6) is -0.117. The van der Waals surface area contributed by atoms with Gasteiger partial charge in [0.05, 0.1) is 33.6 Å². The number of nitrogen functional groups attached to an aromatic ring is 1. The van der Waals surface area contributed by atoms with Crippen LogP contribution in [0.4, 0.5) is 11.4 Å². The molecular weight excluding hydrogens is 335 g/mol. The number of nitrogens with one attached hydrogen (secondary N) is 1. The molecule has 0 bridgehead atoms. The molecule has 0 saturated carbocycles. The summed E-state index contributed by atoms with van der Waals surface area (Å²) >= 11 is 18.0. The number of carbonyl (C=O) groups excluding carboxylic acids is 1. The Morgan fingerprint density at radius 2 is 1.76 bits per heavy atom. The molecule has 1 amide bonds. The lowest BCUT2D eigenvalue weighted by Crippen LogP contribution is -2.13. The van der Waals surface area contributed by atoms with Gasteiger partial charge in [-0.1, -0.05) is 40.9 Å². The van der Waals surface area contributed by atoms with E-state index in [4.69, 9.17) is 45.3 Å². The molecule has 0 aliphatic heterocycles. The molecule has 0 saturated heterocycles. The first-order chi connectivity index (χ1) is 9.93. The Morgan fingerprint density at radius 1 is 1.14 bits per heavy atom. The Hall–Kier alpha value is -1.62. The van der Waals surface area contributed by atoms with Crippen LogP contribution in [-0.2, 0) is 0 Å². The van der Waals surface area contributed by atoms with Gasteiger partial charge in [-0.25, -0.2) is 0 Å². The number of benzene rings is 2. The molecule has 0 fully saturated rings. The van der Waals surface area contributed by atoms with Crippen molar-refractivity contribution in [1.29, 1.82) is 0 Å². The third kappa shape index (κ3) is 3.35. The molecule has 110 valence electrons. The summed E-state index contributed by atoms with van der Waals surface area (Å²) in [6, 6.07) is 7.86. The van der Waals surface area contributed by atoms with Crippen molar-refractivity contribution in [2.45, 2.75) is 0 Å². The van der Waals surface area contributed by atoms with E-state index in [1.54, 1.807) is 18.2 Å². The van der Waals surface area contributed by atoms with Crippen LogP contribution in [0.2, 0.25) is 15.1 Å². The van der Waals surface area contributed by atoms with Gasteiger partial charge in [-0.2, -0.15) is 0 Å². The molecule has 0 spiro atoms. The number of hydrogen-bond donors (Lipinski definition) is 2. The molecule has 4 nitrogen and oxygen atoms in total. The maximum atomic E-state index is 12.2. The highest BCUT2D eigenvalue weighted by atomic mass is 35.5. The Kier molecular flexibility index (Phi) is 4.83. The second kappa shape index (κ2) is 6.43. The first kappa shape index (κ1) is 15.8. The third-order valence-electron chi connectivity index (χ3n) is 2.75. The van der Waals surface area contributed by atoms with Crippen molar-refractivity contribution in [3.8, 4) is 5.75 Å². The summed E-state index contributed by atoms with van der Waals surface area (Å²) < 4.78 is 5.03. The highest BCUT2D eigenvalue weighted by molar-refractivity contribution is 6.38. The smallest absolute Gasteiger partial charge is 0.255 e. The molecule has 0 radical (unpaired) electrons. The SMILES string of the molecule is COc1c(Cl)cc(C(=O)Nc2c(N)cccc2Cl)cc1Cl. The molecule has 7 heteroatoms. The number of rotatable bonds is 3. The molecule has 2 rings (SSSR count). The van der Waals surface area contributed by atoms with E-state index in [-0.39, 0.29) is 15.6 Å². The number of nitrogens with two attached hydrogens (primary N) is 1. The van der Waals surface area contributed by atoms with Crippen molar-refractivity contribution in [3.63, 3.8) is 0 Å². The molecule has 0 aliphatic rings. The maximum absolute atomic E-state index is 12.2. The molecule has 0 heterocycles. The second-order valence-corrected chi connectivity index (χ2v) is 5.35. The molecule has 0 aromatic heterocycles. The molecule has 0 atom stereocenters. The van der Waals surface area contributed by atoms with E-state index in [9.17, 15) is 4.79 Å². The van der Waals surface area contributed by atoms with Crippen molar-refractivity contribution in [1.82, 2.24) is 0 Å². The molecule has 2 aromatic rings. The maximum Gasteiger partial charge on any atom is 0.255 e. The highest BCUT2D eigenvalue weighted by Gasteiger charge is 2.15. The third-order valence-corrected chi connectivity index (χ3v) is 3.63. The number of carbonyl (C=O) groups is 1. The highest BCUT2D eigenvalue weighted by Crippen LogP contribution is 2.34. The lowest BCUT2D eigenvalue weighted by molar-refractivity contribution is 0.102. The van der Waals surface area contributed by atoms with Crippen LogP contribution in [0.25, 0.3) is 0 Å². The number of halogens is 3. The predicted octanol–water partition coefficient (Wildman–Crippen LogP) is 4.49. The van der Waals surface area contributed by atoms with E-state index in [1.165, 1.54) is 19.2 Å². The van der Waals surface area contributed by atoms with Gasteiger partial charge < -0.3 is 15.8 Å². The minimum Gasteiger partial charge on any atom is -0.494 e. The zero-order valence-corrected chi connectivity index (χ0v) is 13.2. The normalized spacial score (nSPS) is 10.3. The molecule has 0 aliphatic carbocycles. The summed E-state index contributed by atoms with van der Waals surface area (Å²) in [4.78, 5) is 12.2. The van der Waals surface area contributed by atoms with Crippen LogP contribution in [0.15, 0.2) is 30.3 Å². The number of amides is 1. The zero-order chi connectivity index (χ0) is 15.6. The van der Waals surface area contributed by atoms with Gasteiger partial charge in [0.2, 0.25) is 0 Å². The first-order valence-corrected chi connectivity index (χ1v) is 6.95. The standard InChI is InChI=1S/C14H11Cl3N2O2/c1-21-13-9(16)5-7(6-10(13)17)14(20)19-12-8(15)3-2-4-11(12)18/h2-6H,18H2,1H3,(H,19,20). The van der Waals surface area contributed by atoms with Crippen molar-refractivity contribution < 1.29 is 9.53 Å². The van der Waals surface area contributed by atoms with Gasteiger partial charge in [-0.15, -0.1) is 0 Å². The molecule has 3 N–H and O–H groups in total. The lowest BCUT2D eigenvalue weighted by Gasteiger charge is -2.12. The van der Waals surface area contributed by atoms with E-state index in [0.29, 0.717) is 22.1 Å². The van der Waals surface area contributed by atoms with Crippen LogP contribution in [0, 0.1) is 0 Å². The average molecular weight is 346 g/mol. The summed E-state index contributed by atoms with van der Waals surface area (Å²) in [7, 11) is 1.44. The van der Waals surface area contributed by atoms with Gasteiger partial charge >= 0.3 is 0 Å². The van der Waals surface area contributed by atoms with Gasteiger partial charge in [0.25, 0.3) is 5.91 Å². The summed E-state index contributed by atoms with van der Waals surface area (Å²) in [5.41, 5.74) is 6.75. The van der Waals surface area contributed by atoms with E-state index >= 15 is 0 Å². The predicted molar refractivity (Wildman–Crippen MR) is 86.8 cm³/mol. The quantitative estimate of drug-likeness (QED) is 0.806. The summed E-state index contributed by atoms with van der Waals surface area (Å²) in [6.45, 7) is 0. The summed E-state index contributed by atoms with van der Waals surface area (Å²) in [6.07, 6.45) is 0.